The van der Waals surface area contributed by atoms with Gasteiger partial charge >= 0.3 is 0 Å². The van der Waals surface area contributed by atoms with E-state index in [0.717, 1.165) is 16.7 Å². The number of aromatic nitrogens is 4. The molecule has 6 nitrogen and oxygen atoms in total. The molecule has 2 aromatic heterocycles. The van der Waals surface area contributed by atoms with E-state index in [2.05, 4.69) is 51.3 Å². The molecule has 0 saturated carbocycles. The van der Waals surface area contributed by atoms with Gasteiger partial charge < -0.3 is 9.30 Å². The average molecular weight is 396 g/mol. The van der Waals surface area contributed by atoms with Gasteiger partial charge in [0, 0.05) is 27.4 Å². The van der Waals surface area contributed by atoms with Crippen molar-refractivity contribution in [2.24, 2.45) is 0 Å². The minimum atomic E-state index is -0.0396. The van der Waals surface area contributed by atoms with Crippen molar-refractivity contribution >= 4 is 27.6 Å². The molecule has 0 N–H and O–H groups in total. The number of carbonyl (C=O) groups is 1. The smallest absolute Gasteiger partial charge is 0.184 e. The van der Waals surface area contributed by atoms with Gasteiger partial charge in [0.15, 0.2) is 5.78 Å². The summed E-state index contributed by atoms with van der Waals surface area (Å²) in [5.74, 6) is 0.619. The molecule has 0 fully saturated rings. The van der Waals surface area contributed by atoms with Crippen molar-refractivity contribution in [3.63, 3.8) is 0 Å². The van der Waals surface area contributed by atoms with Gasteiger partial charge in [0.05, 0.1) is 19.9 Å². The van der Waals surface area contributed by atoms with Crippen LogP contribution in [0.2, 0.25) is 0 Å². The Morgan fingerprint density at radius 3 is 2.33 bits per heavy atom. The molecule has 0 spiro atoms. The lowest BCUT2D eigenvalue weighted by Gasteiger charge is -2.05. The molecule has 3 aromatic carbocycles. The lowest BCUT2D eigenvalue weighted by atomic mass is 10.1. The molecule has 0 radical (unpaired) electrons. The summed E-state index contributed by atoms with van der Waals surface area (Å²) in [6, 6.07) is 23.8. The van der Waals surface area contributed by atoms with E-state index in [-0.39, 0.29) is 12.3 Å². The van der Waals surface area contributed by atoms with Crippen molar-refractivity contribution < 1.29 is 9.53 Å². The van der Waals surface area contributed by atoms with Crippen molar-refractivity contribution in [3.05, 3.63) is 90.3 Å². The zero-order valence-electron chi connectivity index (χ0n) is 16.5. The lowest BCUT2D eigenvalue weighted by molar-refractivity contribution is 0.0966. The number of rotatable bonds is 6. The van der Waals surface area contributed by atoms with Crippen LogP contribution in [-0.4, -0.2) is 32.5 Å². The first-order valence-electron chi connectivity index (χ1n) is 9.75. The maximum Gasteiger partial charge on any atom is 0.184 e. The van der Waals surface area contributed by atoms with Gasteiger partial charge in [-0.3, -0.25) is 4.79 Å². The van der Waals surface area contributed by atoms with Gasteiger partial charge in [-0.05, 0) is 24.3 Å². The van der Waals surface area contributed by atoms with Crippen LogP contribution < -0.4 is 4.74 Å². The normalized spacial score (nSPS) is 11.2. The van der Waals surface area contributed by atoms with Crippen LogP contribution >= 0.6 is 0 Å². The third-order valence-corrected chi connectivity index (χ3v) is 5.28. The van der Waals surface area contributed by atoms with Crippen molar-refractivity contribution in [2.45, 2.75) is 13.1 Å². The van der Waals surface area contributed by atoms with Crippen LogP contribution in [0, 0.1) is 0 Å². The van der Waals surface area contributed by atoms with Gasteiger partial charge in [-0.25, -0.2) is 4.68 Å². The van der Waals surface area contributed by atoms with Gasteiger partial charge in [0.1, 0.15) is 18.0 Å². The average Bonchev–Trinajstić information content (AvgIpc) is 3.37. The van der Waals surface area contributed by atoms with E-state index in [1.54, 1.807) is 30.0 Å². The number of nitrogens with zero attached hydrogens (tertiary/aromatic N) is 4. The number of methoxy groups -OCH3 is 1. The van der Waals surface area contributed by atoms with E-state index in [1.165, 1.54) is 10.8 Å². The van der Waals surface area contributed by atoms with Crippen LogP contribution in [0.1, 0.15) is 16.1 Å². The fraction of sp³-hybridized carbons (Fsp3) is 0.125. The molecule has 5 aromatic rings. The topological polar surface area (TPSA) is 61.9 Å². The Morgan fingerprint density at radius 2 is 1.63 bits per heavy atom. The number of Topliss-reactive ketones (excluding diaryl/α,β-unsaturated/α-hetero) is 1. The fourth-order valence-corrected chi connectivity index (χ4v) is 3.86. The number of hydrogen-bond donors (Lipinski definition) is 0. The van der Waals surface area contributed by atoms with Gasteiger partial charge in [0.25, 0.3) is 0 Å². The van der Waals surface area contributed by atoms with Crippen LogP contribution in [0.3, 0.4) is 0 Å². The number of benzene rings is 3. The third-order valence-electron chi connectivity index (χ3n) is 5.28. The number of hydrogen-bond acceptors (Lipinski definition) is 4. The highest BCUT2D eigenvalue weighted by Crippen LogP contribution is 2.29. The van der Waals surface area contributed by atoms with Crippen molar-refractivity contribution in [2.75, 3.05) is 7.11 Å². The van der Waals surface area contributed by atoms with Gasteiger partial charge in [0.2, 0.25) is 0 Å². The third kappa shape index (κ3) is 3.22. The molecular formula is C24H20N4O2. The molecule has 0 aliphatic heterocycles. The van der Waals surface area contributed by atoms with E-state index in [0.29, 0.717) is 17.9 Å². The summed E-state index contributed by atoms with van der Waals surface area (Å²) >= 11 is 0. The largest absolute Gasteiger partial charge is 0.497 e. The monoisotopic (exact) mass is 396 g/mol. The Hall–Kier alpha value is -3.93. The second-order valence-electron chi connectivity index (χ2n) is 7.18. The number of ether oxygens (including phenoxy) is 1. The Labute approximate surface area is 173 Å². The molecule has 0 aliphatic carbocycles. The summed E-state index contributed by atoms with van der Waals surface area (Å²) < 4.78 is 9.03. The zero-order chi connectivity index (χ0) is 20.5. The first kappa shape index (κ1) is 18.1. The van der Waals surface area contributed by atoms with E-state index in [9.17, 15) is 4.79 Å². The van der Waals surface area contributed by atoms with Gasteiger partial charge in [-0.1, -0.05) is 53.7 Å². The summed E-state index contributed by atoms with van der Waals surface area (Å²) in [5, 5.41) is 10.9. The van der Waals surface area contributed by atoms with E-state index < -0.39 is 0 Å². The van der Waals surface area contributed by atoms with Crippen LogP contribution in [0.4, 0.5) is 0 Å². The molecule has 0 amide bonds. The minimum Gasteiger partial charge on any atom is -0.497 e. The van der Waals surface area contributed by atoms with E-state index in [4.69, 9.17) is 4.74 Å². The van der Waals surface area contributed by atoms with Crippen LogP contribution in [0.25, 0.3) is 21.8 Å². The Balaban J connectivity index is 1.42. The van der Waals surface area contributed by atoms with Crippen LogP contribution in [0.15, 0.2) is 79.0 Å². The zero-order valence-corrected chi connectivity index (χ0v) is 16.5. The standard InChI is InChI=1S/C24H20N4O2/c1-30-19-8-6-7-17(13-19)24(29)16-27-14-18(25-26-27)15-28-22-11-4-2-9-20(22)21-10-3-5-12-23(21)28/h2-14H,15-16H2,1H3. The van der Waals surface area contributed by atoms with Gasteiger partial charge in [-0.15, -0.1) is 5.10 Å². The Morgan fingerprint density at radius 1 is 0.933 bits per heavy atom. The highest BCUT2D eigenvalue weighted by atomic mass is 16.5. The SMILES string of the molecule is COc1cccc(C(=O)Cn2cc(Cn3c4ccccc4c4ccccc43)nn2)c1. The molecule has 0 unspecified atom stereocenters. The molecule has 5 rings (SSSR count). The van der Waals surface area contributed by atoms with Crippen molar-refractivity contribution in [1.29, 1.82) is 0 Å². The van der Waals surface area contributed by atoms with E-state index in [1.807, 2.05) is 24.4 Å². The highest BCUT2D eigenvalue weighted by Gasteiger charge is 2.13. The number of carbonyl (C=O) groups excluding carboxylic acids is 1. The summed E-state index contributed by atoms with van der Waals surface area (Å²) in [6.07, 6.45) is 1.83. The Bertz CT molecular complexity index is 1310. The number of fused-ring (bicyclic) bond motifs is 3. The highest BCUT2D eigenvalue weighted by molar-refractivity contribution is 6.08. The van der Waals surface area contributed by atoms with E-state index >= 15 is 0 Å². The molecule has 6 heteroatoms. The molecule has 0 bridgehead atoms. The second kappa shape index (κ2) is 7.48. The molecule has 0 saturated heterocycles. The maximum atomic E-state index is 12.6. The van der Waals surface area contributed by atoms with Crippen molar-refractivity contribution in [1.82, 2.24) is 19.6 Å². The molecule has 148 valence electrons. The molecule has 2 heterocycles. The first-order valence-corrected chi connectivity index (χ1v) is 9.75. The van der Waals surface area contributed by atoms with Crippen LogP contribution in [-0.2, 0) is 13.1 Å². The number of ketones is 1. The predicted molar refractivity (Wildman–Crippen MR) is 116 cm³/mol. The lowest BCUT2D eigenvalue weighted by Crippen LogP contribution is -2.11. The molecular weight excluding hydrogens is 376 g/mol. The molecule has 0 aliphatic rings. The summed E-state index contributed by atoms with van der Waals surface area (Å²) in [6.45, 7) is 0.717. The Kier molecular flexibility index (Phi) is 4.52. The summed E-state index contributed by atoms with van der Waals surface area (Å²) in [5.41, 5.74) is 3.70. The maximum absolute atomic E-state index is 12.6. The quantitative estimate of drug-likeness (QED) is 0.401. The fourth-order valence-electron chi connectivity index (χ4n) is 3.86. The molecule has 0 atom stereocenters. The second-order valence-corrected chi connectivity index (χ2v) is 7.18. The molecule has 30 heavy (non-hydrogen) atoms. The van der Waals surface area contributed by atoms with Crippen LogP contribution in [0.5, 0.6) is 5.75 Å². The predicted octanol–water partition coefficient (Wildman–Crippen LogP) is 4.33. The summed E-state index contributed by atoms with van der Waals surface area (Å²) in [7, 11) is 1.59. The first-order chi connectivity index (χ1) is 14.7. The summed E-state index contributed by atoms with van der Waals surface area (Å²) in [4.78, 5) is 12.6. The van der Waals surface area contributed by atoms with Crippen molar-refractivity contribution in [3.8, 4) is 5.75 Å². The minimum absolute atomic E-state index is 0.0396. The number of para-hydroxylation sites is 2. The van der Waals surface area contributed by atoms with Gasteiger partial charge in [-0.2, -0.15) is 0 Å².